The van der Waals surface area contributed by atoms with Crippen LogP contribution < -0.4 is 9.62 Å². The third kappa shape index (κ3) is 4.30. The zero-order valence-corrected chi connectivity index (χ0v) is 17.2. The quantitative estimate of drug-likeness (QED) is 0.523. The lowest BCUT2D eigenvalue weighted by molar-refractivity contribution is 0.0526. The fraction of sp³-hybridized carbons (Fsp3) is 0.400. The van der Waals surface area contributed by atoms with Crippen molar-refractivity contribution in [1.82, 2.24) is 0 Å². The topological polar surface area (TPSA) is 58.6 Å². The molecule has 0 saturated carbocycles. The van der Waals surface area contributed by atoms with Crippen molar-refractivity contribution in [2.45, 2.75) is 39.5 Å². The predicted molar refractivity (Wildman–Crippen MR) is 113 cm³/mol. The molecule has 0 radical (unpaired) electrons. The number of para-hydroxylation sites is 1. The Morgan fingerprint density at radius 3 is 2.70 bits per heavy atom. The summed E-state index contributed by atoms with van der Waals surface area (Å²) >= 11 is 5.88. The number of ether oxygens (including phenoxy) is 1. The number of anilines is 2. The third-order valence-electron chi connectivity index (χ3n) is 4.82. The first-order valence-electron chi connectivity index (χ1n) is 9.21. The summed E-state index contributed by atoms with van der Waals surface area (Å²) in [7, 11) is 0. The van der Waals surface area contributed by atoms with Crippen molar-refractivity contribution < 1.29 is 14.3 Å². The fourth-order valence-corrected chi connectivity index (χ4v) is 4.97. The lowest BCUT2D eigenvalue weighted by Crippen LogP contribution is -2.27. The molecular weight excluding hydrogens is 380 g/mol. The summed E-state index contributed by atoms with van der Waals surface area (Å²) in [5.41, 5.74) is 2.18. The first-order chi connectivity index (χ1) is 13.0. The number of nitrogens with zero attached hydrogens (tertiary/aromatic N) is 1. The van der Waals surface area contributed by atoms with Crippen LogP contribution in [-0.4, -0.2) is 18.6 Å². The predicted octanol–water partition coefficient (Wildman–Crippen LogP) is 5.32. The Kier molecular flexibility index (Phi) is 6.44. The van der Waals surface area contributed by atoms with E-state index in [-0.39, 0.29) is 5.97 Å². The van der Waals surface area contributed by atoms with Crippen LogP contribution in [0.5, 0.6) is 0 Å². The normalized spacial score (nSPS) is 15.7. The number of carbonyl (C=O) groups is 2. The largest absolute Gasteiger partial charge is 0.462 e. The highest BCUT2D eigenvalue weighted by atomic mass is 32.1. The number of amides is 2. The summed E-state index contributed by atoms with van der Waals surface area (Å²) in [6.07, 6.45) is 3.93. The molecule has 1 aliphatic rings. The number of carbonyl (C=O) groups excluding carboxylic acids is 2. The van der Waals surface area contributed by atoms with E-state index < -0.39 is 6.03 Å². The van der Waals surface area contributed by atoms with Gasteiger partial charge in [0.25, 0.3) is 0 Å². The molecule has 5 nitrogen and oxygen atoms in total. The van der Waals surface area contributed by atoms with Crippen LogP contribution in [0.4, 0.5) is 15.5 Å². The van der Waals surface area contributed by atoms with E-state index in [1.807, 2.05) is 18.2 Å². The van der Waals surface area contributed by atoms with Gasteiger partial charge in [-0.2, -0.15) is 0 Å². The van der Waals surface area contributed by atoms with Crippen LogP contribution in [0.15, 0.2) is 30.3 Å². The Bertz CT molecular complexity index is 820. The van der Waals surface area contributed by atoms with Crippen LogP contribution in [0.1, 0.15) is 47.5 Å². The van der Waals surface area contributed by atoms with Gasteiger partial charge in [-0.25, -0.2) is 13.9 Å². The van der Waals surface area contributed by atoms with Gasteiger partial charge in [0.1, 0.15) is 5.00 Å². The van der Waals surface area contributed by atoms with E-state index in [2.05, 4.69) is 25.1 Å². The van der Waals surface area contributed by atoms with Crippen LogP contribution in [-0.2, 0) is 17.6 Å². The van der Waals surface area contributed by atoms with E-state index in [1.165, 1.54) is 15.6 Å². The molecule has 0 saturated heterocycles. The van der Waals surface area contributed by atoms with Crippen molar-refractivity contribution in [2.75, 3.05) is 16.2 Å². The minimum atomic E-state index is -0.402. The number of hydrogen-bond donors (Lipinski definition) is 2. The maximum Gasteiger partial charge on any atom is 0.341 e. The Labute approximate surface area is 169 Å². The van der Waals surface area contributed by atoms with E-state index in [1.54, 1.807) is 19.1 Å². The summed E-state index contributed by atoms with van der Waals surface area (Å²) in [6.45, 7) is 4.27. The fourth-order valence-electron chi connectivity index (χ4n) is 3.34. The second-order valence-corrected chi connectivity index (χ2v) is 8.01. The van der Waals surface area contributed by atoms with Gasteiger partial charge in [-0.05, 0) is 49.8 Å². The molecule has 0 spiro atoms. The Hall–Kier alpha value is -1.99. The number of nitrogens with one attached hydrogen (secondary N) is 1. The standard InChI is InChI=1S/C20H24N2O3S2/c1-3-13-10-11-15-16(12-13)27-18(17(15)19(23)25-4-2)22(26)20(24)21-14-8-6-5-7-9-14/h5-9,13,26H,3-4,10-12H2,1-2H3,(H,21,24). The zero-order valence-electron chi connectivity index (χ0n) is 15.5. The molecule has 1 unspecified atom stereocenters. The summed E-state index contributed by atoms with van der Waals surface area (Å²) in [5.74, 6) is 0.233. The number of thiophene rings is 1. The molecule has 27 heavy (non-hydrogen) atoms. The lowest BCUT2D eigenvalue weighted by Gasteiger charge is -2.21. The van der Waals surface area contributed by atoms with E-state index in [4.69, 9.17) is 4.74 Å². The Balaban J connectivity index is 1.92. The van der Waals surface area contributed by atoms with Crippen LogP contribution in [0.25, 0.3) is 0 Å². The Morgan fingerprint density at radius 1 is 1.30 bits per heavy atom. The maximum absolute atomic E-state index is 12.7. The van der Waals surface area contributed by atoms with E-state index in [9.17, 15) is 9.59 Å². The molecule has 1 N–H and O–H groups in total. The molecule has 144 valence electrons. The smallest absolute Gasteiger partial charge is 0.341 e. The number of benzene rings is 1. The third-order valence-corrected chi connectivity index (χ3v) is 6.57. The van der Waals surface area contributed by atoms with Crippen molar-refractivity contribution in [3.05, 3.63) is 46.3 Å². The molecule has 0 bridgehead atoms. The minimum Gasteiger partial charge on any atom is -0.462 e. The average molecular weight is 405 g/mol. The summed E-state index contributed by atoms with van der Waals surface area (Å²) in [6, 6.07) is 8.77. The number of hydrogen-bond acceptors (Lipinski definition) is 5. The van der Waals surface area contributed by atoms with Gasteiger partial charge in [0, 0.05) is 10.6 Å². The van der Waals surface area contributed by atoms with Crippen molar-refractivity contribution in [1.29, 1.82) is 0 Å². The number of urea groups is 1. The average Bonchev–Trinajstić information content (AvgIpc) is 3.06. The van der Waals surface area contributed by atoms with E-state index in [0.29, 0.717) is 28.8 Å². The van der Waals surface area contributed by atoms with Gasteiger partial charge in [-0.3, -0.25) is 0 Å². The van der Waals surface area contributed by atoms with Gasteiger partial charge in [0.15, 0.2) is 0 Å². The SMILES string of the molecule is CCOC(=O)c1c(N(S)C(=O)Nc2ccccc2)sc2c1CCC(CC)C2. The van der Waals surface area contributed by atoms with Gasteiger partial charge in [-0.15, -0.1) is 11.3 Å². The highest BCUT2D eigenvalue weighted by Crippen LogP contribution is 2.43. The van der Waals surface area contributed by atoms with Crippen LogP contribution in [0.2, 0.25) is 0 Å². The highest BCUT2D eigenvalue weighted by molar-refractivity contribution is 7.83. The second kappa shape index (κ2) is 8.80. The summed E-state index contributed by atoms with van der Waals surface area (Å²) in [4.78, 5) is 26.5. The molecule has 0 aliphatic heterocycles. The molecule has 1 heterocycles. The molecule has 3 rings (SSSR count). The first-order valence-corrected chi connectivity index (χ1v) is 10.4. The molecule has 1 aromatic carbocycles. The molecule has 1 atom stereocenters. The summed E-state index contributed by atoms with van der Waals surface area (Å²) in [5, 5.41) is 3.34. The van der Waals surface area contributed by atoms with Gasteiger partial charge in [0.2, 0.25) is 0 Å². The molecule has 1 aromatic heterocycles. The van der Waals surface area contributed by atoms with Gasteiger partial charge < -0.3 is 10.1 Å². The maximum atomic E-state index is 12.7. The number of thiol groups is 1. The molecule has 7 heteroatoms. The van der Waals surface area contributed by atoms with E-state index >= 15 is 0 Å². The second-order valence-electron chi connectivity index (χ2n) is 6.53. The molecule has 2 aromatic rings. The monoisotopic (exact) mass is 404 g/mol. The first kappa shape index (κ1) is 19.8. The van der Waals surface area contributed by atoms with Crippen molar-refractivity contribution in [3.63, 3.8) is 0 Å². The molecule has 0 fully saturated rings. The molecule has 2 amide bonds. The number of rotatable bonds is 5. The van der Waals surface area contributed by atoms with Crippen molar-refractivity contribution >= 4 is 46.8 Å². The van der Waals surface area contributed by atoms with Gasteiger partial charge >= 0.3 is 12.0 Å². The number of esters is 1. The van der Waals surface area contributed by atoms with Gasteiger partial charge in [0.05, 0.1) is 12.2 Å². The highest BCUT2D eigenvalue weighted by Gasteiger charge is 2.32. The molecule has 1 aliphatic carbocycles. The minimum absolute atomic E-state index is 0.295. The lowest BCUT2D eigenvalue weighted by atomic mass is 9.85. The van der Waals surface area contributed by atoms with Crippen LogP contribution in [0, 0.1) is 5.92 Å². The van der Waals surface area contributed by atoms with Crippen molar-refractivity contribution in [3.8, 4) is 0 Å². The van der Waals surface area contributed by atoms with Crippen LogP contribution >= 0.6 is 24.2 Å². The van der Waals surface area contributed by atoms with Crippen molar-refractivity contribution in [2.24, 2.45) is 5.92 Å². The summed E-state index contributed by atoms with van der Waals surface area (Å²) < 4.78 is 6.50. The van der Waals surface area contributed by atoms with Crippen LogP contribution in [0.3, 0.4) is 0 Å². The molecular formula is C20H24N2O3S2. The zero-order chi connectivity index (χ0) is 19.4. The Morgan fingerprint density at radius 2 is 2.04 bits per heavy atom. The van der Waals surface area contributed by atoms with Gasteiger partial charge in [-0.1, -0.05) is 44.4 Å². The van der Waals surface area contributed by atoms with E-state index in [0.717, 1.165) is 36.1 Å². The number of fused-ring (bicyclic) bond motifs is 1.